The van der Waals surface area contributed by atoms with Crippen LogP contribution in [0.25, 0.3) is 0 Å². The summed E-state index contributed by atoms with van der Waals surface area (Å²) in [5.41, 5.74) is 1.72. The minimum absolute atomic E-state index is 0.0211. The van der Waals surface area contributed by atoms with E-state index in [2.05, 4.69) is 24.1 Å². The number of benzene rings is 1. The zero-order valence-corrected chi connectivity index (χ0v) is 18.3. The van der Waals surface area contributed by atoms with Gasteiger partial charge in [-0.15, -0.1) is 0 Å². The van der Waals surface area contributed by atoms with Crippen LogP contribution in [0.15, 0.2) is 41.0 Å². The largest absolute Gasteiger partial charge is 0.459 e. The van der Waals surface area contributed by atoms with E-state index in [9.17, 15) is 19.7 Å². The Kier molecular flexibility index (Phi) is 6.16. The number of amides is 2. The molecule has 2 atom stereocenters. The molecule has 1 saturated heterocycles. The van der Waals surface area contributed by atoms with Crippen LogP contribution in [0, 0.1) is 22.0 Å². The van der Waals surface area contributed by atoms with Gasteiger partial charge in [0.1, 0.15) is 0 Å². The quantitative estimate of drug-likeness (QED) is 0.547. The van der Waals surface area contributed by atoms with Crippen LogP contribution in [-0.2, 0) is 11.2 Å². The number of nitro benzene ring substituents is 1. The van der Waals surface area contributed by atoms with Gasteiger partial charge in [0, 0.05) is 44.0 Å². The van der Waals surface area contributed by atoms with E-state index in [1.54, 1.807) is 29.2 Å². The van der Waals surface area contributed by atoms with Crippen LogP contribution >= 0.6 is 0 Å². The monoisotopic (exact) mass is 440 g/mol. The number of anilines is 1. The van der Waals surface area contributed by atoms with Crippen LogP contribution in [0.1, 0.15) is 36.4 Å². The van der Waals surface area contributed by atoms with E-state index in [0.29, 0.717) is 38.5 Å². The molecule has 1 fully saturated rings. The van der Waals surface area contributed by atoms with Crippen molar-refractivity contribution >= 4 is 23.2 Å². The van der Waals surface area contributed by atoms with Gasteiger partial charge in [0.05, 0.1) is 23.1 Å². The van der Waals surface area contributed by atoms with E-state index in [-0.39, 0.29) is 29.3 Å². The normalized spacial score (nSPS) is 20.0. The molecule has 2 amide bonds. The van der Waals surface area contributed by atoms with Gasteiger partial charge in [0.15, 0.2) is 5.76 Å². The number of carbonyl (C=O) groups is 2. The Morgan fingerprint density at radius 1 is 1.28 bits per heavy atom. The highest BCUT2D eigenvalue weighted by atomic mass is 16.6. The molecular weight excluding hydrogens is 412 g/mol. The summed E-state index contributed by atoms with van der Waals surface area (Å²) in [7, 11) is 0. The molecule has 1 aromatic carbocycles. The van der Waals surface area contributed by atoms with Gasteiger partial charge in [0.2, 0.25) is 5.91 Å². The second-order valence-electron chi connectivity index (χ2n) is 8.84. The maximum absolute atomic E-state index is 13.2. The summed E-state index contributed by atoms with van der Waals surface area (Å²) in [6.07, 6.45) is 2.74. The van der Waals surface area contributed by atoms with E-state index in [1.807, 2.05) is 0 Å². The summed E-state index contributed by atoms with van der Waals surface area (Å²) in [4.78, 5) is 40.8. The van der Waals surface area contributed by atoms with Gasteiger partial charge in [-0.05, 0) is 42.5 Å². The first kappa shape index (κ1) is 21.9. The highest BCUT2D eigenvalue weighted by Gasteiger charge is 2.43. The fourth-order valence-corrected chi connectivity index (χ4v) is 4.58. The molecule has 0 unspecified atom stereocenters. The number of non-ortho nitro benzene ring substituents is 1. The molecule has 2 aliphatic rings. The molecule has 0 saturated carbocycles. The molecule has 9 nitrogen and oxygen atoms in total. The maximum Gasteiger partial charge on any atom is 0.289 e. The van der Waals surface area contributed by atoms with Crippen LogP contribution in [-0.4, -0.2) is 53.9 Å². The first-order chi connectivity index (χ1) is 15.3. The number of furan rings is 1. The summed E-state index contributed by atoms with van der Waals surface area (Å²) in [6.45, 7) is 6.19. The summed E-state index contributed by atoms with van der Waals surface area (Å²) < 4.78 is 5.28. The van der Waals surface area contributed by atoms with Gasteiger partial charge in [-0.25, -0.2) is 0 Å². The van der Waals surface area contributed by atoms with Gasteiger partial charge in [-0.3, -0.25) is 19.7 Å². The number of rotatable bonds is 6. The standard InChI is InChI=1S/C23H28N4O5/c1-15(2)7-8-24-22(28)18-13-16-12-17(27(30)31)5-6-19(16)26-10-9-25(14-20(18)26)23(29)21-4-3-11-32-21/h3-6,11-12,15,18,20H,7-10,13-14H2,1-2H3,(H,24,28)/t18-,20+/m1/s1. The molecule has 1 aromatic heterocycles. The van der Waals surface area contributed by atoms with Crippen LogP contribution in [0.3, 0.4) is 0 Å². The van der Waals surface area contributed by atoms with Crippen molar-refractivity contribution in [3.05, 3.63) is 58.0 Å². The fourth-order valence-electron chi connectivity index (χ4n) is 4.58. The zero-order valence-electron chi connectivity index (χ0n) is 18.3. The molecule has 0 radical (unpaired) electrons. The number of hydrogen-bond donors (Lipinski definition) is 1. The number of nitrogens with one attached hydrogen (secondary N) is 1. The molecule has 9 heteroatoms. The Morgan fingerprint density at radius 2 is 2.09 bits per heavy atom. The molecule has 1 N–H and O–H groups in total. The van der Waals surface area contributed by atoms with Crippen molar-refractivity contribution in [1.82, 2.24) is 10.2 Å². The third-order valence-corrected chi connectivity index (χ3v) is 6.28. The van der Waals surface area contributed by atoms with Gasteiger partial charge in [-0.2, -0.15) is 0 Å². The molecule has 0 bridgehead atoms. The lowest BCUT2D eigenvalue weighted by molar-refractivity contribution is -0.384. The molecule has 4 rings (SSSR count). The van der Waals surface area contributed by atoms with E-state index >= 15 is 0 Å². The summed E-state index contributed by atoms with van der Waals surface area (Å²) in [5.74, 6) is 0.0675. The number of fused-ring (bicyclic) bond motifs is 3. The molecular formula is C23H28N4O5. The molecule has 2 aliphatic heterocycles. The van der Waals surface area contributed by atoms with Crippen molar-refractivity contribution in [1.29, 1.82) is 0 Å². The molecule has 32 heavy (non-hydrogen) atoms. The van der Waals surface area contributed by atoms with Crippen LogP contribution in [0.5, 0.6) is 0 Å². The number of hydrogen-bond acceptors (Lipinski definition) is 6. The molecule has 3 heterocycles. The average Bonchev–Trinajstić information content (AvgIpc) is 3.31. The smallest absolute Gasteiger partial charge is 0.289 e. The van der Waals surface area contributed by atoms with Crippen molar-refractivity contribution < 1.29 is 18.9 Å². The van der Waals surface area contributed by atoms with Gasteiger partial charge in [-0.1, -0.05) is 13.8 Å². The van der Waals surface area contributed by atoms with Gasteiger partial charge < -0.3 is 19.5 Å². The van der Waals surface area contributed by atoms with E-state index in [0.717, 1.165) is 17.7 Å². The number of nitro groups is 1. The second kappa shape index (κ2) is 9.02. The van der Waals surface area contributed by atoms with E-state index in [4.69, 9.17) is 4.42 Å². The number of carbonyl (C=O) groups excluding carboxylic acids is 2. The van der Waals surface area contributed by atoms with Crippen molar-refractivity contribution in [2.45, 2.75) is 32.7 Å². The first-order valence-electron chi connectivity index (χ1n) is 11.0. The molecule has 2 aromatic rings. The van der Waals surface area contributed by atoms with Crippen LogP contribution in [0.4, 0.5) is 11.4 Å². The zero-order chi connectivity index (χ0) is 22.8. The fraction of sp³-hybridized carbons (Fsp3) is 0.478. The summed E-state index contributed by atoms with van der Waals surface area (Å²) >= 11 is 0. The average molecular weight is 441 g/mol. The third kappa shape index (κ3) is 4.32. The lowest BCUT2D eigenvalue weighted by Gasteiger charge is -2.48. The Bertz CT molecular complexity index is 1000. The highest BCUT2D eigenvalue weighted by molar-refractivity contribution is 5.92. The van der Waals surface area contributed by atoms with Gasteiger partial charge in [0.25, 0.3) is 11.6 Å². The minimum atomic E-state index is -0.413. The van der Waals surface area contributed by atoms with Gasteiger partial charge >= 0.3 is 0 Å². The molecule has 0 spiro atoms. The predicted molar refractivity (Wildman–Crippen MR) is 119 cm³/mol. The summed E-state index contributed by atoms with van der Waals surface area (Å²) in [6, 6.07) is 7.94. The first-order valence-corrected chi connectivity index (χ1v) is 11.0. The maximum atomic E-state index is 13.2. The molecule has 170 valence electrons. The van der Waals surface area contributed by atoms with Crippen molar-refractivity contribution in [3.8, 4) is 0 Å². The topological polar surface area (TPSA) is 109 Å². The van der Waals surface area contributed by atoms with Crippen molar-refractivity contribution in [2.75, 3.05) is 31.1 Å². The van der Waals surface area contributed by atoms with Crippen molar-refractivity contribution in [2.24, 2.45) is 11.8 Å². The highest BCUT2D eigenvalue weighted by Crippen LogP contribution is 2.38. The second-order valence-corrected chi connectivity index (χ2v) is 8.84. The molecule has 0 aliphatic carbocycles. The van der Waals surface area contributed by atoms with Crippen LogP contribution < -0.4 is 10.2 Å². The summed E-state index contributed by atoms with van der Waals surface area (Å²) in [5, 5.41) is 14.3. The Morgan fingerprint density at radius 3 is 2.78 bits per heavy atom. The number of piperazine rings is 1. The lowest BCUT2D eigenvalue weighted by atomic mass is 9.83. The minimum Gasteiger partial charge on any atom is -0.459 e. The number of nitrogens with zero attached hydrogens (tertiary/aromatic N) is 3. The Balaban J connectivity index is 1.61. The predicted octanol–water partition coefficient (Wildman–Crippen LogP) is 2.85. The van der Waals surface area contributed by atoms with Crippen LogP contribution in [0.2, 0.25) is 0 Å². The SMILES string of the molecule is CC(C)CCNC(=O)[C@@H]1Cc2cc([N+](=O)[O-])ccc2N2CCN(C(=O)c3ccco3)C[C@@H]12. The Labute approximate surface area is 186 Å². The Hall–Kier alpha value is -3.36. The van der Waals surface area contributed by atoms with Crippen molar-refractivity contribution in [3.63, 3.8) is 0 Å². The third-order valence-electron chi connectivity index (χ3n) is 6.28. The van der Waals surface area contributed by atoms with E-state index in [1.165, 1.54) is 12.3 Å². The lowest BCUT2D eigenvalue weighted by Crippen LogP contribution is -2.62. The van der Waals surface area contributed by atoms with E-state index < -0.39 is 10.8 Å².